The van der Waals surface area contributed by atoms with E-state index in [4.69, 9.17) is 23.8 Å². The zero-order valence-corrected chi connectivity index (χ0v) is 21.2. The summed E-state index contributed by atoms with van der Waals surface area (Å²) < 4.78 is 1.55. The van der Waals surface area contributed by atoms with E-state index in [1.54, 1.807) is 35.9 Å². The summed E-state index contributed by atoms with van der Waals surface area (Å²) in [6.07, 6.45) is 2.53. The zero-order chi connectivity index (χ0) is 26.3. The third-order valence-electron chi connectivity index (χ3n) is 7.43. The quantitative estimate of drug-likeness (QED) is 0.388. The number of nitrogens with zero attached hydrogens (tertiary/aromatic N) is 4. The van der Waals surface area contributed by atoms with Gasteiger partial charge in [0.15, 0.2) is 5.69 Å². The molecule has 2 heterocycles. The average Bonchev–Trinajstić information content (AvgIpc) is 3.15. The van der Waals surface area contributed by atoms with E-state index in [1.807, 2.05) is 18.2 Å². The number of nitrogens with one attached hydrogen (secondary N) is 1. The lowest BCUT2D eigenvalue weighted by atomic mass is 9.73. The first-order valence-corrected chi connectivity index (χ1v) is 12.7. The molecule has 1 fully saturated rings. The van der Waals surface area contributed by atoms with Gasteiger partial charge in [0.05, 0.1) is 6.57 Å². The number of nitrogens with two attached hydrogens (primary N) is 3. The van der Waals surface area contributed by atoms with Crippen LogP contribution in [-0.2, 0) is 13.5 Å². The molecular formula is C26H28N8O2S. The molecule has 1 saturated heterocycles. The number of nitrogen functional groups attached to an aromatic ring is 1. The van der Waals surface area contributed by atoms with Gasteiger partial charge in [0.1, 0.15) is 10.7 Å². The molecule has 0 saturated carbocycles. The number of fused-ring (bicyclic) bond motifs is 1. The summed E-state index contributed by atoms with van der Waals surface area (Å²) >= 11 is 1.25. The van der Waals surface area contributed by atoms with Crippen molar-refractivity contribution in [3.63, 3.8) is 0 Å². The molecule has 10 nitrogen and oxygen atoms in total. The van der Waals surface area contributed by atoms with Crippen molar-refractivity contribution in [1.82, 2.24) is 9.55 Å². The van der Waals surface area contributed by atoms with Crippen molar-refractivity contribution in [1.29, 1.82) is 0 Å². The molecule has 1 aromatic heterocycles. The van der Waals surface area contributed by atoms with Crippen LogP contribution in [0, 0.1) is 12.0 Å². The van der Waals surface area contributed by atoms with Crippen molar-refractivity contribution in [3.05, 3.63) is 75.4 Å². The molecule has 190 valence electrons. The third-order valence-corrected chi connectivity index (χ3v) is 8.53. The maximum atomic E-state index is 13.2. The standard InChI is InChI=1S/C26H28N8O2S/c1-30-16-5-7-18(8-6-16)37-20-22(28)32-25(33(2)23(20)35)34-11-9-26(10-12-34)14-15-3-4-17(31-24(29)36)13-19(15)21(26)27/h3-8,13,21H,9-12,14,27-28H2,2H3,(H3,29,31,36)/t21-/m1/s1. The minimum absolute atomic E-state index is 0.0954. The number of primary amides is 1. The molecule has 1 aliphatic carbocycles. The summed E-state index contributed by atoms with van der Waals surface area (Å²) in [7, 11) is 1.71. The molecule has 37 heavy (non-hydrogen) atoms. The van der Waals surface area contributed by atoms with Crippen molar-refractivity contribution in [2.45, 2.75) is 35.1 Å². The third kappa shape index (κ3) is 4.50. The first kappa shape index (κ1) is 24.7. The van der Waals surface area contributed by atoms with Crippen LogP contribution in [0.15, 0.2) is 57.1 Å². The van der Waals surface area contributed by atoms with E-state index < -0.39 is 6.03 Å². The van der Waals surface area contributed by atoms with Gasteiger partial charge in [0.2, 0.25) is 5.95 Å². The summed E-state index contributed by atoms with van der Waals surface area (Å²) in [6.45, 7) is 8.47. The van der Waals surface area contributed by atoms with Gasteiger partial charge in [-0.25, -0.2) is 9.64 Å². The maximum absolute atomic E-state index is 13.2. The Kier molecular flexibility index (Phi) is 6.31. The van der Waals surface area contributed by atoms with Crippen LogP contribution in [0.2, 0.25) is 0 Å². The van der Waals surface area contributed by atoms with E-state index in [0.717, 1.165) is 29.7 Å². The Hall–Kier alpha value is -4.01. The second-order valence-corrected chi connectivity index (χ2v) is 10.7. The Morgan fingerprint density at radius 2 is 1.92 bits per heavy atom. The average molecular weight is 517 g/mol. The molecule has 1 spiro atoms. The van der Waals surface area contributed by atoms with Crippen LogP contribution in [0.3, 0.4) is 0 Å². The predicted octanol–water partition coefficient (Wildman–Crippen LogP) is 3.40. The minimum Gasteiger partial charge on any atom is -0.382 e. The highest BCUT2D eigenvalue weighted by molar-refractivity contribution is 7.99. The number of carbonyl (C=O) groups excluding carboxylic acids is 1. The van der Waals surface area contributed by atoms with Gasteiger partial charge in [0.25, 0.3) is 5.56 Å². The molecule has 2 amide bonds. The first-order valence-electron chi connectivity index (χ1n) is 11.9. The van der Waals surface area contributed by atoms with Crippen molar-refractivity contribution in [3.8, 4) is 0 Å². The molecule has 3 aromatic rings. The lowest BCUT2D eigenvalue weighted by molar-refractivity contribution is 0.186. The van der Waals surface area contributed by atoms with E-state index in [9.17, 15) is 9.59 Å². The monoisotopic (exact) mass is 516 g/mol. The first-order chi connectivity index (χ1) is 17.7. The second-order valence-electron chi connectivity index (χ2n) is 9.60. The van der Waals surface area contributed by atoms with Crippen molar-refractivity contribution in [2.24, 2.45) is 23.9 Å². The van der Waals surface area contributed by atoms with Gasteiger partial charge in [0, 0.05) is 36.8 Å². The summed E-state index contributed by atoms with van der Waals surface area (Å²) in [6, 6.07) is 12.0. The fraction of sp³-hybridized carbons (Fsp3) is 0.308. The number of hydrogen-bond acceptors (Lipinski definition) is 7. The van der Waals surface area contributed by atoms with E-state index in [-0.39, 0.29) is 22.8 Å². The molecule has 7 N–H and O–H groups in total. The van der Waals surface area contributed by atoms with E-state index in [2.05, 4.69) is 20.0 Å². The lowest BCUT2D eigenvalue weighted by Crippen LogP contribution is -2.46. The molecule has 5 rings (SSSR count). The van der Waals surface area contributed by atoms with Gasteiger partial charge in [-0.15, -0.1) is 0 Å². The normalized spacial score (nSPS) is 17.9. The highest BCUT2D eigenvalue weighted by Gasteiger charge is 2.46. The summed E-state index contributed by atoms with van der Waals surface area (Å²) in [4.78, 5) is 35.8. The van der Waals surface area contributed by atoms with Gasteiger partial charge >= 0.3 is 6.03 Å². The van der Waals surface area contributed by atoms with Gasteiger partial charge < -0.3 is 27.4 Å². The Labute approximate surface area is 218 Å². The van der Waals surface area contributed by atoms with E-state index in [1.165, 1.54) is 17.3 Å². The smallest absolute Gasteiger partial charge is 0.316 e. The van der Waals surface area contributed by atoms with Crippen molar-refractivity contribution in [2.75, 3.05) is 29.0 Å². The summed E-state index contributed by atoms with van der Waals surface area (Å²) in [5, 5.41) is 2.63. The van der Waals surface area contributed by atoms with Crippen LogP contribution in [-0.4, -0.2) is 28.7 Å². The van der Waals surface area contributed by atoms with Crippen LogP contribution in [0.25, 0.3) is 4.85 Å². The number of rotatable bonds is 4. The highest BCUT2D eigenvalue weighted by Crippen LogP contribution is 2.51. The van der Waals surface area contributed by atoms with Gasteiger partial charge in [-0.05, 0) is 47.9 Å². The SMILES string of the molecule is [C-]#[N+]c1ccc(Sc2c(N)nc(N3CCC4(CC3)Cc3ccc(NC(N)=O)cc3[C@H]4N)n(C)c2=O)cc1. The predicted molar refractivity (Wildman–Crippen MR) is 145 cm³/mol. The number of amides is 2. The molecule has 0 bridgehead atoms. The number of piperidine rings is 1. The Morgan fingerprint density at radius 3 is 2.57 bits per heavy atom. The molecule has 1 aliphatic heterocycles. The topological polar surface area (TPSA) is 150 Å². The Bertz CT molecular complexity index is 1470. The fourth-order valence-corrected chi connectivity index (χ4v) is 6.28. The van der Waals surface area contributed by atoms with Crippen molar-refractivity contribution >= 4 is 40.9 Å². The minimum atomic E-state index is -0.602. The Morgan fingerprint density at radius 1 is 1.22 bits per heavy atom. The number of aromatic nitrogens is 2. The summed E-state index contributed by atoms with van der Waals surface area (Å²) in [5.74, 6) is 0.735. The highest BCUT2D eigenvalue weighted by atomic mass is 32.2. The van der Waals surface area contributed by atoms with Crippen LogP contribution in [0.1, 0.15) is 30.0 Å². The molecule has 2 aromatic carbocycles. The molecule has 0 unspecified atom stereocenters. The zero-order valence-electron chi connectivity index (χ0n) is 20.4. The number of hydrogen-bond donors (Lipinski definition) is 4. The van der Waals surface area contributed by atoms with Crippen LogP contribution in [0.4, 0.5) is 27.9 Å². The van der Waals surface area contributed by atoms with Crippen LogP contribution >= 0.6 is 11.8 Å². The van der Waals surface area contributed by atoms with E-state index in [0.29, 0.717) is 35.3 Å². The van der Waals surface area contributed by atoms with Crippen LogP contribution in [0.5, 0.6) is 0 Å². The van der Waals surface area contributed by atoms with Gasteiger partial charge in [-0.3, -0.25) is 9.36 Å². The number of benzene rings is 2. The van der Waals surface area contributed by atoms with E-state index >= 15 is 0 Å². The maximum Gasteiger partial charge on any atom is 0.316 e. The van der Waals surface area contributed by atoms with Gasteiger partial charge in [-0.1, -0.05) is 42.1 Å². The summed E-state index contributed by atoms with van der Waals surface area (Å²) in [5.41, 5.74) is 21.4. The van der Waals surface area contributed by atoms with Gasteiger partial charge in [-0.2, -0.15) is 4.98 Å². The van der Waals surface area contributed by atoms with Crippen molar-refractivity contribution < 1.29 is 4.79 Å². The molecule has 2 aliphatic rings. The fourth-order valence-electron chi connectivity index (χ4n) is 5.40. The number of carbonyl (C=O) groups is 1. The van der Waals surface area contributed by atoms with Crippen LogP contribution < -0.4 is 33.0 Å². The Balaban J connectivity index is 1.33. The molecule has 0 radical (unpaired) electrons. The molecular weight excluding hydrogens is 488 g/mol. The largest absolute Gasteiger partial charge is 0.382 e. The second kappa shape index (κ2) is 9.46. The number of anilines is 3. The molecule has 11 heteroatoms. The number of urea groups is 1. The lowest BCUT2D eigenvalue weighted by Gasteiger charge is -2.42. The molecule has 1 atom stereocenters.